The number of thioether (sulfide) groups is 2. The van der Waals surface area contributed by atoms with Crippen LogP contribution in [0.4, 0.5) is 0 Å². The summed E-state index contributed by atoms with van der Waals surface area (Å²) in [7, 11) is 0. The summed E-state index contributed by atoms with van der Waals surface area (Å²) in [5.74, 6) is 2.25. The van der Waals surface area contributed by atoms with Gasteiger partial charge >= 0.3 is 0 Å². The van der Waals surface area contributed by atoms with Crippen molar-refractivity contribution in [1.29, 1.82) is 0 Å². The van der Waals surface area contributed by atoms with Gasteiger partial charge in [0.05, 0.1) is 4.24 Å². The van der Waals surface area contributed by atoms with Gasteiger partial charge in [-0.15, -0.1) is 23.5 Å². The number of ketones is 1. The van der Waals surface area contributed by atoms with E-state index in [2.05, 4.69) is 15.9 Å². The zero-order chi connectivity index (χ0) is 14.7. The Morgan fingerprint density at radius 1 is 0.857 bits per heavy atom. The van der Waals surface area contributed by atoms with Crippen molar-refractivity contribution in [3.05, 3.63) is 74.4 Å². The Bertz CT molecular complexity index is 670. The highest BCUT2D eigenvalue weighted by Gasteiger charge is 2.22. The van der Waals surface area contributed by atoms with Crippen molar-refractivity contribution in [3.63, 3.8) is 0 Å². The Morgan fingerprint density at radius 2 is 1.48 bits per heavy atom. The first-order chi connectivity index (χ1) is 10.3. The lowest BCUT2D eigenvalue weighted by atomic mass is 9.98. The standard InChI is InChI=1S/C17H13BrOS2/c18-14-8-6-13(7-9-14)16(19)15(17-20-10-11-21-17)12-4-2-1-3-5-12/h1-9H,10-11H2. The fraction of sp³-hybridized carbons (Fsp3) is 0.118. The number of halogens is 1. The van der Waals surface area contributed by atoms with Crippen LogP contribution in [0.15, 0.2) is 63.3 Å². The number of hydrogen-bond donors (Lipinski definition) is 0. The maximum Gasteiger partial charge on any atom is 0.195 e. The van der Waals surface area contributed by atoms with Crippen molar-refractivity contribution in [1.82, 2.24) is 0 Å². The van der Waals surface area contributed by atoms with Crippen molar-refractivity contribution in [2.45, 2.75) is 0 Å². The van der Waals surface area contributed by atoms with E-state index in [0.717, 1.165) is 36.9 Å². The van der Waals surface area contributed by atoms with E-state index < -0.39 is 0 Å². The molecule has 0 spiro atoms. The van der Waals surface area contributed by atoms with Gasteiger partial charge in [-0.2, -0.15) is 0 Å². The summed E-state index contributed by atoms with van der Waals surface area (Å²) in [5.41, 5.74) is 2.57. The van der Waals surface area contributed by atoms with E-state index in [-0.39, 0.29) is 5.78 Å². The van der Waals surface area contributed by atoms with E-state index >= 15 is 0 Å². The van der Waals surface area contributed by atoms with Gasteiger partial charge in [-0.3, -0.25) is 4.79 Å². The Morgan fingerprint density at radius 3 is 2.10 bits per heavy atom. The summed E-state index contributed by atoms with van der Waals surface area (Å²) in [4.78, 5) is 12.9. The molecule has 0 aromatic heterocycles. The Hall–Kier alpha value is -0.970. The lowest BCUT2D eigenvalue weighted by Crippen LogP contribution is -2.04. The predicted octanol–water partition coefficient (Wildman–Crippen LogP) is 5.48. The summed E-state index contributed by atoms with van der Waals surface area (Å²) in [6, 6.07) is 17.5. The van der Waals surface area contributed by atoms with Gasteiger partial charge in [0.1, 0.15) is 0 Å². The van der Waals surface area contributed by atoms with E-state index in [0.29, 0.717) is 0 Å². The fourth-order valence-corrected chi connectivity index (χ4v) is 4.99. The van der Waals surface area contributed by atoms with Crippen molar-refractivity contribution in [3.8, 4) is 0 Å². The van der Waals surface area contributed by atoms with Crippen LogP contribution < -0.4 is 0 Å². The number of hydrogen-bond acceptors (Lipinski definition) is 3. The Kier molecular flexibility index (Phi) is 4.88. The molecule has 0 saturated carbocycles. The summed E-state index contributed by atoms with van der Waals surface area (Å²) >= 11 is 6.98. The maximum atomic E-state index is 12.9. The van der Waals surface area contributed by atoms with Crippen LogP contribution in [0.25, 0.3) is 5.57 Å². The normalized spacial score (nSPS) is 14.2. The first-order valence-electron chi connectivity index (χ1n) is 6.61. The van der Waals surface area contributed by atoms with Crippen LogP contribution in [0, 0.1) is 0 Å². The second-order valence-corrected chi connectivity index (χ2v) is 7.95. The summed E-state index contributed by atoms with van der Waals surface area (Å²) in [6.45, 7) is 0. The number of rotatable bonds is 3. The molecule has 1 saturated heterocycles. The third-order valence-corrected chi connectivity index (χ3v) is 6.39. The molecule has 2 aromatic carbocycles. The monoisotopic (exact) mass is 376 g/mol. The van der Waals surface area contributed by atoms with E-state index in [1.54, 1.807) is 23.5 Å². The molecule has 1 nitrogen and oxygen atoms in total. The molecule has 0 N–H and O–H groups in total. The molecule has 0 radical (unpaired) electrons. The molecule has 0 bridgehead atoms. The average molecular weight is 377 g/mol. The third kappa shape index (κ3) is 3.44. The molecule has 0 amide bonds. The van der Waals surface area contributed by atoms with E-state index in [1.165, 1.54) is 0 Å². The molecule has 106 valence electrons. The number of carbonyl (C=O) groups is 1. The van der Waals surface area contributed by atoms with E-state index in [1.807, 2.05) is 54.6 Å². The molecule has 2 aromatic rings. The van der Waals surface area contributed by atoms with Crippen LogP contribution in [0.3, 0.4) is 0 Å². The maximum absolute atomic E-state index is 12.9. The minimum Gasteiger partial charge on any atom is -0.289 e. The SMILES string of the molecule is O=C(C(=C1SCCS1)c1ccccc1)c1ccc(Br)cc1. The molecule has 1 fully saturated rings. The van der Waals surface area contributed by atoms with Gasteiger partial charge < -0.3 is 0 Å². The molecule has 0 aliphatic carbocycles. The summed E-state index contributed by atoms with van der Waals surface area (Å²) in [5, 5.41) is 0. The van der Waals surface area contributed by atoms with Crippen LogP contribution in [0.5, 0.6) is 0 Å². The Balaban J connectivity index is 2.06. The van der Waals surface area contributed by atoms with E-state index in [9.17, 15) is 4.79 Å². The number of allylic oxidation sites excluding steroid dienone is 1. The highest BCUT2D eigenvalue weighted by molar-refractivity contribution is 9.10. The molecular weight excluding hydrogens is 364 g/mol. The molecule has 4 heteroatoms. The second-order valence-electron chi connectivity index (χ2n) is 4.56. The van der Waals surface area contributed by atoms with Gasteiger partial charge in [0.25, 0.3) is 0 Å². The topological polar surface area (TPSA) is 17.1 Å². The van der Waals surface area contributed by atoms with Crippen molar-refractivity contribution in [2.24, 2.45) is 0 Å². The second kappa shape index (κ2) is 6.86. The molecule has 3 rings (SSSR count). The van der Waals surface area contributed by atoms with Crippen LogP contribution >= 0.6 is 39.5 Å². The first kappa shape index (κ1) is 14.9. The lowest BCUT2D eigenvalue weighted by Gasteiger charge is -2.10. The van der Waals surface area contributed by atoms with Gasteiger partial charge in [-0.1, -0.05) is 46.3 Å². The van der Waals surface area contributed by atoms with Crippen LogP contribution in [0.1, 0.15) is 15.9 Å². The highest BCUT2D eigenvalue weighted by Crippen LogP contribution is 2.42. The molecule has 1 aliphatic heterocycles. The van der Waals surface area contributed by atoms with Crippen molar-refractivity contribution < 1.29 is 4.79 Å². The Labute approximate surface area is 141 Å². The first-order valence-corrected chi connectivity index (χ1v) is 9.37. The molecular formula is C17H13BrOS2. The molecule has 0 unspecified atom stereocenters. The van der Waals surface area contributed by atoms with Crippen LogP contribution in [0.2, 0.25) is 0 Å². The van der Waals surface area contributed by atoms with Crippen molar-refractivity contribution in [2.75, 3.05) is 11.5 Å². The van der Waals surface area contributed by atoms with Crippen LogP contribution in [-0.2, 0) is 0 Å². The smallest absolute Gasteiger partial charge is 0.195 e. The minimum absolute atomic E-state index is 0.102. The number of carbonyl (C=O) groups excluding carboxylic acids is 1. The molecule has 1 heterocycles. The van der Waals surface area contributed by atoms with Gasteiger partial charge in [0.2, 0.25) is 0 Å². The number of Topliss-reactive ketones (excluding diaryl/α,β-unsaturated/α-hetero) is 1. The van der Waals surface area contributed by atoms with Gasteiger partial charge in [-0.25, -0.2) is 0 Å². The molecule has 0 atom stereocenters. The summed E-state index contributed by atoms with van der Waals surface area (Å²) < 4.78 is 2.13. The summed E-state index contributed by atoms with van der Waals surface area (Å²) in [6.07, 6.45) is 0. The third-order valence-electron chi connectivity index (χ3n) is 3.15. The van der Waals surface area contributed by atoms with Crippen LogP contribution in [-0.4, -0.2) is 17.3 Å². The van der Waals surface area contributed by atoms with E-state index in [4.69, 9.17) is 0 Å². The minimum atomic E-state index is 0.102. The fourth-order valence-electron chi connectivity index (χ4n) is 2.15. The van der Waals surface area contributed by atoms with Gasteiger partial charge in [-0.05, 0) is 29.8 Å². The predicted molar refractivity (Wildman–Crippen MR) is 96.8 cm³/mol. The lowest BCUT2D eigenvalue weighted by molar-refractivity contribution is 0.105. The average Bonchev–Trinajstić information content (AvgIpc) is 3.03. The zero-order valence-electron chi connectivity index (χ0n) is 11.2. The van der Waals surface area contributed by atoms with Crippen molar-refractivity contribution >= 4 is 50.8 Å². The van der Waals surface area contributed by atoms with Gasteiger partial charge in [0.15, 0.2) is 5.78 Å². The quantitative estimate of drug-likeness (QED) is 0.521. The van der Waals surface area contributed by atoms with Gasteiger partial charge in [0, 0.05) is 27.1 Å². The molecule has 1 aliphatic rings. The zero-order valence-corrected chi connectivity index (χ0v) is 14.4. The molecule has 21 heavy (non-hydrogen) atoms. The number of benzene rings is 2. The highest BCUT2D eigenvalue weighted by atomic mass is 79.9. The largest absolute Gasteiger partial charge is 0.289 e.